The molecule has 0 N–H and O–H groups in total. The molecule has 0 amide bonds. The summed E-state index contributed by atoms with van der Waals surface area (Å²) in [5.74, 6) is 0.860. The minimum atomic E-state index is 0.787. The molecule has 1 aliphatic rings. The predicted octanol–water partition coefficient (Wildman–Crippen LogP) is 3.27. The number of benzene rings is 2. The maximum absolute atomic E-state index is 5.84. The quantitative estimate of drug-likeness (QED) is 0.534. The largest absolute Gasteiger partial charge is 0.442 e. The monoisotopic (exact) mass is 223 g/mol. The van der Waals surface area contributed by atoms with Gasteiger partial charge in [-0.2, -0.15) is 0 Å². The molecule has 0 atom stereocenters. The van der Waals surface area contributed by atoms with Crippen molar-refractivity contribution in [3.63, 3.8) is 0 Å². The second kappa shape index (κ2) is 3.67. The van der Waals surface area contributed by atoms with Crippen LogP contribution in [0.25, 0.3) is 0 Å². The fourth-order valence-electron chi connectivity index (χ4n) is 2.03. The molecule has 3 rings (SSSR count). The first kappa shape index (κ1) is 9.97. The number of hydrogen-bond acceptors (Lipinski definition) is 1. The zero-order valence-corrected chi connectivity index (χ0v) is 9.68. The van der Waals surface area contributed by atoms with Crippen LogP contribution in [0.4, 0.5) is 5.69 Å². The number of aryl methyl sites for hydroxylation is 1. The number of hydrogen-bond donors (Lipinski definition) is 0. The van der Waals surface area contributed by atoms with Gasteiger partial charge in [0.1, 0.15) is 0 Å². The summed E-state index contributed by atoms with van der Waals surface area (Å²) < 4.78 is 7.68. The third-order valence-electron chi connectivity index (χ3n) is 2.87. The highest BCUT2D eigenvalue weighted by Gasteiger charge is 2.31. The van der Waals surface area contributed by atoms with Crippen molar-refractivity contribution in [2.24, 2.45) is 0 Å². The lowest BCUT2D eigenvalue weighted by molar-refractivity contribution is -0.425. The van der Waals surface area contributed by atoms with Crippen molar-refractivity contribution in [2.75, 3.05) is 0 Å². The van der Waals surface area contributed by atoms with Gasteiger partial charge in [-0.15, -0.1) is 12.1 Å². The maximum atomic E-state index is 5.84. The summed E-state index contributed by atoms with van der Waals surface area (Å²) in [4.78, 5) is 0. The van der Waals surface area contributed by atoms with Crippen molar-refractivity contribution >= 4 is 12.4 Å². The Morgan fingerprint density at radius 3 is 2.71 bits per heavy atom. The molecule has 2 nitrogen and oxygen atoms in total. The third-order valence-corrected chi connectivity index (χ3v) is 2.87. The molecule has 17 heavy (non-hydrogen) atoms. The van der Waals surface area contributed by atoms with Crippen molar-refractivity contribution in [1.29, 1.82) is 0 Å². The summed E-state index contributed by atoms with van der Waals surface area (Å²) in [7, 11) is 0. The van der Waals surface area contributed by atoms with E-state index in [2.05, 4.69) is 25.8 Å². The molecular formula is C15H13NO. The van der Waals surface area contributed by atoms with Crippen molar-refractivity contribution in [3.05, 3.63) is 65.9 Å². The SMILES string of the molecule is C=[N+]1c2ccccc2O[C-]1c1cccc(C)c1. The topological polar surface area (TPSA) is 12.2 Å². The van der Waals surface area contributed by atoms with E-state index in [1.165, 1.54) is 5.56 Å². The van der Waals surface area contributed by atoms with Crippen LogP contribution in [0.1, 0.15) is 11.1 Å². The fourth-order valence-corrected chi connectivity index (χ4v) is 2.03. The minimum Gasteiger partial charge on any atom is -0.442 e. The number of ether oxygens (including phenoxy) is 1. The summed E-state index contributed by atoms with van der Waals surface area (Å²) in [6.45, 7) is 6.11. The predicted molar refractivity (Wildman–Crippen MR) is 67.6 cm³/mol. The highest BCUT2D eigenvalue weighted by molar-refractivity contribution is 5.53. The van der Waals surface area contributed by atoms with E-state index in [1.807, 2.05) is 41.0 Å². The Kier molecular flexibility index (Phi) is 2.15. The Bertz CT molecular complexity index is 589. The number of nitrogens with zero attached hydrogens (tertiary/aromatic N) is 1. The van der Waals surface area contributed by atoms with Crippen LogP contribution >= 0.6 is 0 Å². The van der Waals surface area contributed by atoms with Gasteiger partial charge in [-0.1, -0.05) is 29.8 Å². The molecule has 0 saturated heterocycles. The van der Waals surface area contributed by atoms with Gasteiger partial charge in [0.25, 0.3) is 0 Å². The summed E-state index contributed by atoms with van der Waals surface area (Å²) in [6.07, 6.45) is 0.787. The zero-order valence-electron chi connectivity index (χ0n) is 9.68. The molecule has 0 fully saturated rings. The van der Waals surface area contributed by atoms with Gasteiger partial charge in [0.05, 0.1) is 6.72 Å². The summed E-state index contributed by atoms with van der Waals surface area (Å²) in [5.41, 5.74) is 3.27. The van der Waals surface area contributed by atoms with Gasteiger partial charge in [-0.05, 0) is 24.6 Å². The average molecular weight is 223 g/mol. The molecule has 84 valence electrons. The molecule has 0 unspecified atom stereocenters. The highest BCUT2D eigenvalue weighted by Crippen LogP contribution is 2.40. The Hall–Kier alpha value is -2.22. The van der Waals surface area contributed by atoms with E-state index < -0.39 is 0 Å². The Labute approximate surface area is 101 Å². The first-order valence-corrected chi connectivity index (χ1v) is 5.57. The Morgan fingerprint density at radius 2 is 1.94 bits per heavy atom. The van der Waals surface area contributed by atoms with Crippen molar-refractivity contribution in [1.82, 2.24) is 0 Å². The summed E-state index contributed by atoms with van der Waals surface area (Å²) >= 11 is 0. The van der Waals surface area contributed by atoms with Gasteiger partial charge < -0.3 is 4.74 Å². The molecule has 0 saturated carbocycles. The van der Waals surface area contributed by atoms with Gasteiger partial charge in [-0.25, -0.2) is 4.58 Å². The Morgan fingerprint density at radius 1 is 1.12 bits per heavy atom. The maximum Gasteiger partial charge on any atom is 0.305 e. The molecule has 0 aromatic heterocycles. The molecule has 0 radical (unpaired) electrons. The second-order valence-electron chi connectivity index (χ2n) is 4.17. The number of para-hydroxylation sites is 2. The molecule has 1 aliphatic heterocycles. The van der Waals surface area contributed by atoms with Crippen LogP contribution in [0.3, 0.4) is 0 Å². The average Bonchev–Trinajstić information content (AvgIpc) is 2.68. The van der Waals surface area contributed by atoms with Crippen LogP contribution < -0.4 is 4.74 Å². The van der Waals surface area contributed by atoms with Gasteiger partial charge in [-0.3, -0.25) is 0 Å². The molecule has 1 heterocycles. The minimum absolute atomic E-state index is 0.787. The van der Waals surface area contributed by atoms with E-state index in [0.717, 1.165) is 23.2 Å². The number of rotatable bonds is 1. The molecule has 2 aromatic carbocycles. The van der Waals surface area contributed by atoms with Crippen LogP contribution in [-0.2, 0) is 0 Å². The summed E-state index contributed by atoms with van der Waals surface area (Å²) in [6, 6.07) is 16.1. The third kappa shape index (κ3) is 1.58. The van der Waals surface area contributed by atoms with Crippen molar-refractivity contribution in [2.45, 2.75) is 6.92 Å². The van der Waals surface area contributed by atoms with Gasteiger partial charge in [0.2, 0.25) is 0 Å². The van der Waals surface area contributed by atoms with Gasteiger partial charge in [0, 0.05) is 0 Å². The van der Waals surface area contributed by atoms with Crippen LogP contribution in [0.5, 0.6) is 5.75 Å². The lowest BCUT2D eigenvalue weighted by atomic mass is 10.1. The number of fused-ring (bicyclic) bond motifs is 1. The lowest BCUT2D eigenvalue weighted by Crippen LogP contribution is -2.13. The molecule has 0 spiro atoms. The van der Waals surface area contributed by atoms with Gasteiger partial charge >= 0.3 is 6.23 Å². The summed E-state index contributed by atoms with van der Waals surface area (Å²) in [5, 5.41) is 0. The lowest BCUT2D eigenvalue weighted by Gasteiger charge is -2.11. The van der Waals surface area contributed by atoms with E-state index in [1.54, 1.807) is 0 Å². The van der Waals surface area contributed by atoms with E-state index in [0.29, 0.717) is 0 Å². The second-order valence-corrected chi connectivity index (χ2v) is 4.17. The molecule has 2 aromatic rings. The van der Waals surface area contributed by atoms with Crippen LogP contribution in [0.15, 0.2) is 48.5 Å². The van der Waals surface area contributed by atoms with Crippen LogP contribution in [0.2, 0.25) is 0 Å². The molecule has 0 aliphatic carbocycles. The first-order chi connectivity index (χ1) is 8.25. The van der Waals surface area contributed by atoms with Crippen LogP contribution in [0, 0.1) is 13.2 Å². The van der Waals surface area contributed by atoms with Gasteiger partial charge in [0.15, 0.2) is 11.4 Å². The normalized spacial score (nSPS) is 13.5. The smallest absolute Gasteiger partial charge is 0.305 e. The molecular weight excluding hydrogens is 210 g/mol. The standard InChI is InChI=1S/C15H13NO/c1-11-6-5-7-12(10-11)15-16(2)13-8-3-4-9-14(13)17-15/h3-10H,2H2,1H3. The fraction of sp³-hybridized carbons (Fsp3) is 0.0667. The van der Waals surface area contributed by atoms with E-state index >= 15 is 0 Å². The highest BCUT2D eigenvalue weighted by atomic mass is 16.5. The van der Waals surface area contributed by atoms with E-state index in [-0.39, 0.29) is 0 Å². The molecule has 0 bridgehead atoms. The molecule has 2 heteroatoms. The van der Waals surface area contributed by atoms with Crippen LogP contribution in [-0.4, -0.2) is 11.3 Å². The zero-order chi connectivity index (χ0) is 11.8. The van der Waals surface area contributed by atoms with E-state index in [4.69, 9.17) is 4.74 Å². The van der Waals surface area contributed by atoms with E-state index in [9.17, 15) is 0 Å². The first-order valence-electron chi connectivity index (χ1n) is 5.57. The van der Waals surface area contributed by atoms with Crippen molar-refractivity contribution in [3.8, 4) is 5.75 Å². The van der Waals surface area contributed by atoms with Crippen molar-refractivity contribution < 1.29 is 9.31 Å². The Balaban J connectivity index is 2.02.